The number of nitrogens with zero attached hydrogens (tertiary/aromatic N) is 1. The van der Waals surface area contributed by atoms with Crippen LogP contribution in [0.4, 0.5) is 0 Å². The summed E-state index contributed by atoms with van der Waals surface area (Å²) < 4.78 is 5.17. The summed E-state index contributed by atoms with van der Waals surface area (Å²) in [4.78, 5) is 39.9. The predicted molar refractivity (Wildman–Crippen MR) is 113 cm³/mol. The first-order valence-electron chi connectivity index (χ1n) is 10.9. The number of carboxylic acids is 1. The van der Waals surface area contributed by atoms with Gasteiger partial charge in [-0.25, -0.2) is 0 Å². The molecule has 0 saturated carbocycles. The quantitative estimate of drug-likeness (QED) is 0.313. The van der Waals surface area contributed by atoms with E-state index in [1.165, 1.54) is 5.56 Å². The van der Waals surface area contributed by atoms with Gasteiger partial charge in [-0.3, -0.25) is 14.5 Å². The maximum Gasteiger partial charge on any atom is 0.224 e. The number of likely N-dealkylation sites (tertiary alicyclic amines) is 1. The van der Waals surface area contributed by atoms with Gasteiger partial charge >= 0.3 is 0 Å². The highest BCUT2D eigenvalue weighted by molar-refractivity contribution is 6.45. The number of carbonyl (C=O) groups excluding carboxylic acids is 3. The fraction of sp³-hybridized carbons (Fsp3) is 0.625. The molecule has 6 nitrogen and oxygen atoms in total. The van der Waals surface area contributed by atoms with Crippen molar-refractivity contribution in [3.63, 3.8) is 0 Å². The van der Waals surface area contributed by atoms with Crippen molar-refractivity contribution in [3.8, 4) is 5.75 Å². The Morgan fingerprint density at radius 2 is 1.80 bits per heavy atom. The van der Waals surface area contributed by atoms with E-state index in [-0.39, 0.29) is 6.42 Å². The number of ketones is 2. The minimum Gasteiger partial charge on any atom is -0.548 e. The molecule has 0 amide bonds. The van der Waals surface area contributed by atoms with Crippen molar-refractivity contribution in [1.82, 2.24) is 4.90 Å². The molecule has 0 radical (unpaired) electrons. The number of Topliss-reactive ketones (excluding diaryl/α,β-unsaturated/α-hetero) is 2. The van der Waals surface area contributed by atoms with Crippen molar-refractivity contribution in [2.24, 2.45) is 5.41 Å². The number of methoxy groups -OCH3 is 1. The fourth-order valence-electron chi connectivity index (χ4n) is 4.00. The molecule has 30 heavy (non-hydrogen) atoms. The first-order chi connectivity index (χ1) is 14.2. The predicted octanol–water partition coefficient (Wildman–Crippen LogP) is 2.57. The first-order valence-corrected chi connectivity index (χ1v) is 10.9. The van der Waals surface area contributed by atoms with Crippen LogP contribution in [0.25, 0.3) is 0 Å². The largest absolute Gasteiger partial charge is 0.548 e. The number of carbonyl (C=O) groups is 3. The minimum absolute atomic E-state index is 0.137. The lowest BCUT2D eigenvalue weighted by atomic mass is 9.74. The Morgan fingerprint density at radius 1 is 1.13 bits per heavy atom. The molecule has 1 aromatic rings. The molecule has 1 atom stereocenters. The number of rotatable bonds is 11. The Kier molecular flexibility index (Phi) is 8.18. The van der Waals surface area contributed by atoms with E-state index >= 15 is 0 Å². The lowest BCUT2D eigenvalue weighted by Gasteiger charge is -2.47. The second-order valence-corrected chi connectivity index (χ2v) is 8.79. The maximum atomic E-state index is 13.2. The third-order valence-corrected chi connectivity index (χ3v) is 6.48. The number of carboxylic acid groups (broad SMARTS) is 1. The fourth-order valence-corrected chi connectivity index (χ4v) is 4.00. The van der Waals surface area contributed by atoms with Crippen molar-refractivity contribution in [1.29, 1.82) is 0 Å². The highest BCUT2D eigenvalue weighted by Gasteiger charge is 2.51. The number of ether oxygens (including phenoxy) is 1. The van der Waals surface area contributed by atoms with E-state index in [1.54, 1.807) is 25.9 Å². The number of aryl methyl sites for hydroxylation is 1. The van der Waals surface area contributed by atoms with Gasteiger partial charge in [0.05, 0.1) is 13.1 Å². The number of unbranched alkanes of at least 4 members (excludes halogenated alkanes) is 1. The summed E-state index contributed by atoms with van der Waals surface area (Å²) in [7, 11) is 1.63. The monoisotopic (exact) mass is 416 g/mol. The molecule has 1 fully saturated rings. The van der Waals surface area contributed by atoms with Crippen molar-refractivity contribution in [2.45, 2.75) is 71.3 Å². The van der Waals surface area contributed by atoms with Gasteiger partial charge in [0.2, 0.25) is 11.6 Å². The molecular weight excluding hydrogens is 382 g/mol. The standard InChI is InChI=1S/C24H35NO5/c1-5-23(2,3)20(26)21(27)24(22(28)29)15-7-9-17-25(24)16-8-6-10-18-11-13-19(30-4)14-12-18/h11-14H,5-10,15-17H2,1-4H3,(H,28,29)/p-1. The summed E-state index contributed by atoms with van der Waals surface area (Å²) in [6.07, 6.45) is 4.47. The molecule has 0 aliphatic carbocycles. The number of benzene rings is 1. The number of piperidine rings is 1. The molecule has 1 heterocycles. The summed E-state index contributed by atoms with van der Waals surface area (Å²) in [6.45, 7) is 6.16. The molecule has 1 aliphatic rings. The molecule has 1 aliphatic heterocycles. The molecule has 1 aromatic carbocycles. The summed E-state index contributed by atoms with van der Waals surface area (Å²) in [6, 6.07) is 7.86. The molecule has 0 aromatic heterocycles. The highest BCUT2D eigenvalue weighted by atomic mass is 16.5. The van der Waals surface area contributed by atoms with Crippen LogP contribution in [0.15, 0.2) is 24.3 Å². The van der Waals surface area contributed by atoms with E-state index < -0.39 is 28.5 Å². The van der Waals surface area contributed by atoms with Crippen molar-refractivity contribution in [2.75, 3.05) is 20.2 Å². The molecule has 0 spiro atoms. The van der Waals surface area contributed by atoms with Crippen molar-refractivity contribution < 1.29 is 24.2 Å². The molecule has 0 N–H and O–H groups in total. The average molecular weight is 417 g/mol. The van der Waals surface area contributed by atoms with E-state index in [4.69, 9.17) is 4.74 Å². The van der Waals surface area contributed by atoms with Crippen LogP contribution in [0.3, 0.4) is 0 Å². The van der Waals surface area contributed by atoms with Crippen molar-refractivity contribution in [3.05, 3.63) is 29.8 Å². The first kappa shape index (κ1) is 24.1. The van der Waals surface area contributed by atoms with Gasteiger partial charge < -0.3 is 14.6 Å². The summed E-state index contributed by atoms with van der Waals surface area (Å²) in [5, 5.41) is 12.2. The maximum absolute atomic E-state index is 13.2. The second kappa shape index (κ2) is 10.2. The Labute approximate surface area is 179 Å². The smallest absolute Gasteiger partial charge is 0.224 e. The minimum atomic E-state index is -1.83. The van der Waals surface area contributed by atoms with E-state index in [2.05, 4.69) is 0 Å². The molecule has 6 heteroatoms. The van der Waals surface area contributed by atoms with E-state index in [0.717, 1.165) is 31.4 Å². The van der Waals surface area contributed by atoms with E-state index in [1.807, 2.05) is 31.2 Å². The third-order valence-electron chi connectivity index (χ3n) is 6.48. The van der Waals surface area contributed by atoms with Crippen LogP contribution in [0.1, 0.15) is 64.9 Å². The van der Waals surface area contributed by atoms with Crippen LogP contribution in [0, 0.1) is 5.41 Å². The van der Waals surface area contributed by atoms with Gasteiger partial charge in [-0.2, -0.15) is 0 Å². The molecule has 2 rings (SSSR count). The number of hydrogen-bond donors (Lipinski definition) is 0. The Morgan fingerprint density at radius 3 is 2.37 bits per heavy atom. The Balaban J connectivity index is 2.08. The summed E-state index contributed by atoms with van der Waals surface area (Å²) in [5.41, 5.74) is -1.53. The molecule has 1 unspecified atom stereocenters. The zero-order valence-electron chi connectivity index (χ0n) is 18.7. The van der Waals surface area contributed by atoms with Crippen LogP contribution in [-0.2, 0) is 20.8 Å². The van der Waals surface area contributed by atoms with Gasteiger partial charge in [0.1, 0.15) is 11.3 Å². The van der Waals surface area contributed by atoms with Crippen LogP contribution in [0.2, 0.25) is 0 Å². The normalized spacial score (nSPS) is 20.0. The number of aliphatic carboxylic acids is 1. The van der Waals surface area contributed by atoms with Gasteiger partial charge in [-0.05, 0) is 75.7 Å². The zero-order valence-corrected chi connectivity index (χ0v) is 18.7. The van der Waals surface area contributed by atoms with Crippen molar-refractivity contribution >= 4 is 17.5 Å². The van der Waals surface area contributed by atoms with Gasteiger partial charge in [-0.1, -0.05) is 32.9 Å². The SMILES string of the molecule is CCC(C)(C)C(=O)C(=O)C1(C(=O)[O-])CCCCN1CCCCc1ccc(OC)cc1. The summed E-state index contributed by atoms with van der Waals surface area (Å²) in [5.74, 6) is -2.06. The van der Waals surface area contributed by atoms with Crippen LogP contribution in [-0.4, -0.2) is 48.2 Å². The van der Waals surface area contributed by atoms with Crippen LogP contribution < -0.4 is 9.84 Å². The number of hydrogen-bond acceptors (Lipinski definition) is 6. The van der Waals surface area contributed by atoms with Gasteiger partial charge in [0, 0.05) is 5.41 Å². The molecule has 1 saturated heterocycles. The Hall–Kier alpha value is -2.21. The van der Waals surface area contributed by atoms with Crippen LogP contribution >= 0.6 is 0 Å². The lowest BCUT2D eigenvalue weighted by Crippen LogP contribution is -2.68. The van der Waals surface area contributed by atoms with Gasteiger partial charge in [0.15, 0.2) is 0 Å². The van der Waals surface area contributed by atoms with Crippen LogP contribution in [0.5, 0.6) is 5.75 Å². The summed E-state index contributed by atoms with van der Waals surface area (Å²) >= 11 is 0. The average Bonchev–Trinajstić information content (AvgIpc) is 2.76. The second-order valence-electron chi connectivity index (χ2n) is 8.79. The zero-order chi connectivity index (χ0) is 22.4. The van der Waals surface area contributed by atoms with E-state index in [9.17, 15) is 19.5 Å². The van der Waals surface area contributed by atoms with Gasteiger partial charge in [-0.15, -0.1) is 0 Å². The highest BCUT2D eigenvalue weighted by Crippen LogP contribution is 2.33. The topological polar surface area (TPSA) is 86.7 Å². The lowest BCUT2D eigenvalue weighted by molar-refractivity contribution is -0.318. The van der Waals surface area contributed by atoms with E-state index in [0.29, 0.717) is 25.9 Å². The molecular formula is C24H34NO5-. The van der Waals surface area contributed by atoms with Gasteiger partial charge in [0.25, 0.3) is 0 Å². The molecule has 0 bridgehead atoms. The Bertz CT molecular complexity index is 755. The third kappa shape index (κ3) is 5.09. The molecule has 166 valence electrons.